The van der Waals surface area contributed by atoms with Crippen molar-refractivity contribution >= 4 is 55.4 Å². The fraction of sp³-hybridized carbons (Fsp3) is 0.0500. The lowest BCUT2D eigenvalue weighted by Gasteiger charge is -2.12. The maximum atomic E-state index is 12.5. The number of hydrogen-bond acceptors (Lipinski definition) is 3. The zero-order valence-corrected chi connectivity index (χ0v) is 14.6. The largest absolute Gasteiger partial charge is 0.378 e. The van der Waals surface area contributed by atoms with E-state index in [1.807, 2.05) is 48.5 Å². The average molecular weight is 368 g/mol. The van der Waals surface area contributed by atoms with Gasteiger partial charge < -0.3 is 10.4 Å². The Bertz CT molecular complexity index is 1090. The molecule has 4 rings (SSSR count). The molecule has 1 aromatic heterocycles. The molecule has 5 heteroatoms. The Labute approximate surface area is 153 Å². The van der Waals surface area contributed by atoms with Gasteiger partial charge in [0.05, 0.1) is 0 Å². The standard InChI is InChI=1S/C20H14ClNO2S/c21-14-6-8-18-16(10-14)17(11-25-18)19(23)20(24)22-15-7-5-12-3-1-2-4-13(12)9-15/h1-11,19,23H,(H,22,24). The SMILES string of the molecule is O=C(Nc1ccc2ccccc2c1)C(O)c1csc2ccc(Cl)cc12. The molecule has 2 N–H and O–H groups in total. The van der Waals surface area contributed by atoms with Crippen LogP contribution < -0.4 is 5.32 Å². The molecule has 1 amide bonds. The summed E-state index contributed by atoms with van der Waals surface area (Å²) >= 11 is 7.52. The van der Waals surface area contributed by atoms with E-state index < -0.39 is 12.0 Å². The monoisotopic (exact) mass is 367 g/mol. The Hall–Kier alpha value is -2.40. The number of hydrogen-bond donors (Lipinski definition) is 2. The molecule has 3 nitrogen and oxygen atoms in total. The summed E-state index contributed by atoms with van der Waals surface area (Å²) in [6, 6.07) is 19.0. The number of rotatable bonds is 3. The smallest absolute Gasteiger partial charge is 0.257 e. The highest BCUT2D eigenvalue weighted by molar-refractivity contribution is 7.17. The molecular formula is C20H14ClNO2S. The first kappa shape index (κ1) is 16.1. The van der Waals surface area contributed by atoms with Crippen LogP contribution in [0.1, 0.15) is 11.7 Å². The van der Waals surface area contributed by atoms with Crippen molar-refractivity contribution in [2.45, 2.75) is 6.10 Å². The highest BCUT2D eigenvalue weighted by Crippen LogP contribution is 2.33. The van der Waals surface area contributed by atoms with Crippen LogP contribution in [0.3, 0.4) is 0 Å². The molecule has 0 saturated heterocycles. The summed E-state index contributed by atoms with van der Waals surface area (Å²) in [4.78, 5) is 12.5. The van der Waals surface area contributed by atoms with Crippen molar-refractivity contribution in [3.05, 3.63) is 76.6 Å². The van der Waals surface area contributed by atoms with Gasteiger partial charge in [-0.25, -0.2) is 0 Å². The number of nitrogens with one attached hydrogen (secondary N) is 1. The lowest BCUT2D eigenvalue weighted by molar-refractivity contribution is -0.124. The number of carbonyl (C=O) groups is 1. The Morgan fingerprint density at radius 2 is 1.84 bits per heavy atom. The van der Waals surface area contributed by atoms with Crippen LogP contribution >= 0.6 is 22.9 Å². The minimum atomic E-state index is -1.25. The number of fused-ring (bicyclic) bond motifs is 2. The number of benzene rings is 3. The second-order valence-electron chi connectivity index (χ2n) is 5.79. The van der Waals surface area contributed by atoms with Crippen LogP contribution in [0.4, 0.5) is 5.69 Å². The van der Waals surface area contributed by atoms with E-state index in [1.54, 1.807) is 17.5 Å². The van der Waals surface area contributed by atoms with E-state index in [9.17, 15) is 9.90 Å². The Morgan fingerprint density at radius 3 is 2.68 bits per heavy atom. The molecule has 0 fully saturated rings. The molecular weight excluding hydrogens is 354 g/mol. The number of thiophene rings is 1. The van der Waals surface area contributed by atoms with Gasteiger partial charge in [-0.2, -0.15) is 0 Å². The van der Waals surface area contributed by atoms with E-state index >= 15 is 0 Å². The van der Waals surface area contributed by atoms with Crippen LogP contribution in [0.25, 0.3) is 20.9 Å². The molecule has 0 aliphatic carbocycles. The van der Waals surface area contributed by atoms with Gasteiger partial charge in [0.1, 0.15) is 0 Å². The molecule has 4 aromatic rings. The highest BCUT2D eigenvalue weighted by Gasteiger charge is 2.21. The topological polar surface area (TPSA) is 49.3 Å². The van der Waals surface area contributed by atoms with Crippen molar-refractivity contribution in [1.29, 1.82) is 0 Å². The molecule has 124 valence electrons. The number of carbonyl (C=O) groups excluding carboxylic acids is 1. The number of halogens is 1. The minimum absolute atomic E-state index is 0.463. The predicted molar refractivity (Wildman–Crippen MR) is 104 cm³/mol. The first-order valence-electron chi connectivity index (χ1n) is 7.76. The van der Waals surface area contributed by atoms with E-state index in [4.69, 9.17) is 11.6 Å². The predicted octanol–water partition coefficient (Wildman–Crippen LogP) is 5.38. The van der Waals surface area contributed by atoms with E-state index in [1.165, 1.54) is 11.3 Å². The molecule has 1 atom stereocenters. The van der Waals surface area contributed by atoms with Gasteiger partial charge in [0, 0.05) is 26.4 Å². The van der Waals surface area contributed by atoms with Gasteiger partial charge in [-0.1, -0.05) is 41.9 Å². The summed E-state index contributed by atoms with van der Waals surface area (Å²) < 4.78 is 0.983. The maximum absolute atomic E-state index is 12.5. The van der Waals surface area contributed by atoms with Crippen molar-refractivity contribution in [3.8, 4) is 0 Å². The fourth-order valence-electron chi connectivity index (χ4n) is 2.85. The van der Waals surface area contributed by atoms with Crippen LogP contribution in [-0.4, -0.2) is 11.0 Å². The lowest BCUT2D eigenvalue weighted by atomic mass is 10.1. The van der Waals surface area contributed by atoms with Crippen molar-refractivity contribution in [2.75, 3.05) is 5.32 Å². The van der Waals surface area contributed by atoms with Gasteiger partial charge in [-0.05, 0) is 46.5 Å². The summed E-state index contributed by atoms with van der Waals surface area (Å²) in [5, 5.41) is 18.6. The maximum Gasteiger partial charge on any atom is 0.257 e. The van der Waals surface area contributed by atoms with E-state index in [2.05, 4.69) is 5.32 Å². The molecule has 3 aromatic carbocycles. The van der Waals surface area contributed by atoms with Gasteiger partial charge in [0.15, 0.2) is 6.10 Å². The lowest BCUT2D eigenvalue weighted by Crippen LogP contribution is -2.20. The van der Waals surface area contributed by atoms with Crippen LogP contribution in [-0.2, 0) is 4.79 Å². The molecule has 0 radical (unpaired) electrons. The normalized spacial score (nSPS) is 12.4. The van der Waals surface area contributed by atoms with Crippen LogP contribution in [0.2, 0.25) is 5.02 Å². The molecule has 0 spiro atoms. The first-order chi connectivity index (χ1) is 12.1. The van der Waals surface area contributed by atoms with E-state index in [0.717, 1.165) is 20.9 Å². The fourth-order valence-corrected chi connectivity index (χ4v) is 3.98. The van der Waals surface area contributed by atoms with Crippen molar-refractivity contribution in [1.82, 2.24) is 0 Å². The van der Waals surface area contributed by atoms with Crippen molar-refractivity contribution < 1.29 is 9.90 Å². The Kier molecular flexibility index (Phi) is 4.17. The van der Waals surface area contributed by atoms with Gasteiger partial charge >= 0.3 is 0 Å². The van der Waals surface area contributed by atoms with Crippen LogP contribution in [0.15, 0.2) is 66.0 Å². The third kappa shape index (κ3) is 3.12. The molecule has 25 heavy (non-hydrogen) atoms. The highest BCUT2D eigenvalue weighted by atomic mass is 35.5. The number of aliphatic hydroxyl groups excluding tert-OH is 1. The number of anilines is 1. The molecule has 0 saturated carbocycles. The number of aliphatic hydroxyl groups is 1. The zero-order chi connectivity index (χ0) is 17.4. The average Bonchev–Trinajstić information content (AvgIpc) is 3.04. The second kappa shape index (κ2) is 6.48. The summed E-state index contributed by atoms with van der Waals surface area (Å²) in [5.41, 5.74) is 1.22. The summed E-state index contributed by atoms with van der Waals surface area (Å²) in [7, 11) is 0. The minimum Gasteiger partial charge on any atom is -0.378 e. The van der Waals surface area contributed by atoms with Crippen molar-refractivity contribution in [2.24, 2.45) is 0 Å². The second-order valence-corrected chi connectivity index (χ2v) is 7.13. The quantitative estimate of drug-likeness (QED) is 0.510. The van der Waals surface area contributed by atoms with Crippen molar-refractivity contribution in [3.63, 3.8) is 0 Å². The Balaban J connectivity index is 1.61. The first-order valence-corrected chi connectivity index (χ1v) is 9.02. The van der Waals surface area contributed by atoms with Crippen LogP contribution in [0, 0.1) is 0 Å². The van der Waals surface area contributed by atoms with Gasteiger partial charge in [0.25, 0.3) is 5.91 Å². The van der Waals surface area contributed by atoms with Gasteiger partial charge in [-0.3, -0.25) is 4.79 Å². The van der Waals surface area contributed by atoms with E-state index in [-0.39, 0.29) is 0 Å². The molecule has 0 bridgehead atoms. The summed E-state index contributed by atoms with van der Waals surface area (Å²) in [6.07, 6.45) is -1.25. The molecule has 0 aliphatic rings. The Morgan fingerprint density at radius 1 is 1.04 bits per heavy atom. The zero-order valence-electron chi connectivity index (χ0n) is 13.1. The molecule has 1 heterocycles. The van der Waals surface area contributed by atoms with Gasteiger partial charge in [0.2, 0.25) is 0 Å². The van der Waals surface area contributed by atoms with Crippen LogP contribution in [0.5, 0.6) is 0 Å². The van der Waals surface area contributed by atoms with Gasteiger partial charge in [-0.15, -0.1) is 11.3 Å². The van der Waals surface area contributed by atoms with E-state index in [0.29, 0.717) is 16.3 Å². The third-order valence-electron chi connectivity index (χ3n) is 4.13. The molecule has 0 aliphatic heterocycles. The summed E-state index contributed by atoms with van der Waals surface area (Å²) in [6.45, 7) is 0. The number of amides is 1. The summed E-state index contributed by atoms with van der Waals surface area (Å²) in [5.74, 6) is -0.463. The molecule has 1 unspecified atom stereocenters. The third-order valence-corrected chi connectivity index (χ3v) is 5.34.